The summed E-state index contributed by atoms with van der Waals surface area (Å²) in [6, 6.07) is 11.6. The van der Waals surface area contributed by atoms with E-state index in [0.717, 1.165) is 12.8 Å². The molecule has 1 unspecified atom stereocenters. The topological polar surface area (TPSA) is 109 Å². The minimum Gasteiger partial charge on any atom is -0.322 e. The lowest BCUT2D eigenvalue weighted by Gasteiger charge is -2.13. The van der Waals surface area contributed by atoms with E-state index in [4.69, 9.17) is 0 Å². The van der Waals surface area contributed by atoms with Gasteiger partial charge in [0.2, 0.25) is 10.0 Å². The van der Waals surface area contributed by atoms with Gasteiger partial charge in [-0.15, -0.1) is 0 Å². The van der Waals surface area contributed by atoms with Gasteiger partial charge in [0.25, 0.3) is 5.91 Å². The quantitative estimate of drug-likeness (QED) is 0.619. The van der Waals surface area contributed by atoms with Crippen molar-refractivity contribution in [1.29, 1.82) is 0 Å². The van der Waals surface area contributed by atoms with E-state index in [0.29, 0.717) is 30.5 Å². The van der Waals surface area contributed by atoms with Crippen molar-refractivity contribution < 1.29 is 21.6 Å². The van der Waals surface area contributed by atoms with Crippen molar-refractivity contribution in [3.63, 3.8) is 0 Å². The van der Waals surface area contributed by atoms with Gasteiger partial charge in [-0.3, -0.25) is 4.79 Å². The van der Waals surface area contributed by atoms with Crippen LogP contribution in [0.1, 0.15) is 56.3 Å². The van der Waals surface area contributed by atoms with E-state index in [2.05, 4.69) is 10.0 Å². The van der Waals surface area contributed by atoms with Gasteiger partial charge in [0.05, 0.1) is 15.0 Å². The van der Waals surface area contributed by atoms with Crippen LogP contribution in [0.25, 0.3) is 0 Å². The Morgan fingerprint density at radius 1 is 0.935 bits per heavy atom. The van der Waals surface area contributed by atoms with Gasteiger partial charge in [0, 0.05) is 17.3 Å². The van der Waals surface area contributed by atoms with Gasteiger partial charge in [0.15, 0.2) is 9.84 Å². The Labute approximate surface area is 184 Å². The number of hydrogen-bond acceptors (Lipinski definition) is 5. The molecule has 168 valence electrons. The van der Waals surface area contributed by atoms with Gasteiger partial charge in [-0.1, -0.05) is 19.8 Å². The summed E-state index contributed by atoms with van der Waals surface area (Å²) < 4.78 is 52.5. The highest BCUT2D eigenvalue weighted by Gasteiger charge is 2.30. The number of sulfone groups is 1. The lowest BCUT2D eigenvalue weighted by molar-refractivity contribution is 0.102. The maximum atomic E-state index is 12.6. The number of carbonyl (C=O) groups excluding carboxylic acids is 1. The minimum absolute atomic E-state index is 0.0887. The van der Waals surface area contributed by atoms with E-state index in [1.54, 1.807) is 19.1 Å². The normalized spacial score (nSPS) is 16.2. The molecule has 0 saturated heterocycles. The van der Waals surface area contributed by atoms with Crippen LogP contribution in [0.2, 0.25) is 0 Å². The molecule has 0 heterocycles. The number of benzene rings is 2. The zero-order valence-electron chi connectivity index (χ0n) is 17.7. The van der Waals surface area contributed by atoms with Gasteiger partial charge >= 0.3 is 0 Å². The summed E-state index contributed by atoms with van der Waals surface area (Å²) in [5.41, 5.74) is 0.760. The summed E-state index contributed by atoms with van der Waals surface area (Å²) in [4.78, 5) is 12.8. The molecule has 0 spiro atoms. The van der Waals surface area contributed by atoms with Crippen LogP contribution in [-0.2, 0) is 19.9 Å². The van der Waals surface area contributed by atoms with Crippen molar-refractivity contribution >= 4 is 31.5 Å². The number of carbonyl (C=O) groups is 1. The fourth-order valence-electron chi connectivity index (χ4n) is 3.52. The first-order valence-electron chi connectivity index (χ1n) is 10.4. The third kappa shape index (κ3) is 5.53. The maximum Gasteiger partial charge on any atom is 0.255 e. The van der Waals surface area contributed by atoms with Crippen molar-refractivity contribution in [3.8, 4) is 0 Å². The summed E-state index contributed by atoms with van der Waals surface area (Å²) >= 11 is 0. The van der Waals surface area contributed by atoms with E-state index in [1.165, 1.54) is 36.4 Å². The predicted molar refractivity (Wildman–Crippen MR) is 120 cm³/mol. The SMILES string of the molecule is CCC(C)NS(=O)(=O)c1ccc(C(=O)Nc2ccc(S(=O)(=O)C3CCCC3)cc2)cc1. The molecule has 1 fully saturated rings. The standard InChI is InChI=1S/C22H28N2O5S2/c1-3-16(2)24-31(28,29)21-12-8-17(9-13-21)22(25)23-18-10-14-20(15-11-18)30(26,27)19-6-4-5-7-19/h8-16,19,24H,3-7H2,1-2H3,(H,23,25). The number of rotatable bonds is 8. The first-order chi connectivity index (χ1) is 14.6. The summed E-state index contributed by atoms with van der Waals surface area (Å²) in [5, 5.41) is 2.39. The van der Waals surface area contributed by atoms with E-state index >= 15 is 0 Å². The molecule has 1 atom stereocenters. The largest absolute Gasteiger partial charge is 0.322 e. The molecule has 3 rings (SSSR count). The van der Waals surface area contributed by atoms with E-state index in [-0.39, 0.29) is 21.1 Å². The average Bonchev–Trinajstić information content (AvgIpc) is 3.30. The summed E-state index contributed by atoms with van der Waals surface area (Å²) in [6.45, 7) is 3.67. The van der Waals surface area contributed by atoms with Crippen LogP contribution in [-0.4, -0.2) is 34.0 Å². The van der Waals surface area contributed by atoms with Crippen LogP contribution in [0.5, 0.6) is 0 Å². The van der Waals surface area contributed by atoms with Crippen LogP contribution < -0.4 is 10.0 Å². The third-order valence-electron chi connectivity index (χ3n) is 5.58. The van der Waals surface area contributed by atoms with Gasteiger partial charge < -0.3 is 5.32 Å². The van der Waals surface area contributed by atoms with E-state index in [1.807, 2.05) is 6.92 Å². The fourth-order valence-corrected chi connectivity index (χ4v) is 6.71. The molecule has 0 aromatic heterocycles. The zero-order valence-corrected chi connectivity index (χ0v) is 19.3. The van der Waals surface area contributed by atoms with Crippen molar-refractivity contribution in [2.24, 2.45) is 0 Å². The molecule has 2 aromatic rings. The molecule has 1 saturated carbocycles. The second-order valence-corrected chi connectivity index (χ2v) is 11.8. The Balaban J connectivity index is 1.67. The molecule has 1 aliphatic rings. The van der Waals surface area contributed by atoms with Crippen LogP contribution in [0.15, 0.2) is 58.3 Å². The highest BCUT2D eigenvalue weighted by atomic mass is 32.2. The smallest absolute Gasteiger partial charge is 0.255 e. The second-order valence-electron chi connectivity index (χ2n) is 7.88. The van der Waals surface area contributed by atoms with Crippen LogP contribution in [0.4, 0.5) is 5.69 Å². The van der Waals surface area contributed by atoms with Crippen LogP contribution in [0, 0.1) is 0 Å². The summed E-state index contributed by atoms with van der Waals surface area (Å²) in [6.07, 6.45) is 3.93. The molecule has 0 aliphatic heterocycles. The van der Waals surface area contributed by atoms with Crippen molar-refractivity contribution in [1.82, 2.24) is 4.72 Å². The maximum absolute atomic E-state index is 12.6. The minimum atomic E-state index is -3.64. The Hall–Kier alpha value is -2.23. The van der Waals surface area contributed by atoms with Crippen molar-refractivity contribution in [2.75, 3.05) is 5.32 Å². The summed E-state index contributed by atoms with van der Waals surface area (Å²) in [7, 11) is -6.98. The molecule has 31 heavy (non-hydrogen) atoms. The Kier molecular flexibility index (Phi) is 7.18. The fraction of sp³-hybridized carbons (Fsp3) is 0.409. The molecule has 2 aromatic carbocycles. The molecular formula is C22H28N2O5S2. The highest BCUT2D eigenvalue weighted by Crippen LogP contribution is 2.30. The number of nitrogens with one attached hydrogen (secondary N) is 2. The number of sulfonamides is 1. The Morgan fingerprint density at radius 2 is 1.48 bits per heavy atom. The first kappa shape index (κ1) is 23.4. The lowest BCUT2D eigenvalue weighted by atomic mass is 10.2. The third-order valence-corrected chi connectivity index (χ3v) is 9.46. The number of amides is 1. The average molecular weight is 465 g/mol. The van der Waals surface area contributed by atoms with E-state index < -0.39 is 25.8 Å². The van der Waals surface area contributed by atoms with E-state index in [9.17, 15) is 21.6 Å². The molecule has 7 nitrogen and oxygen atoms in total. The molecule has 1 amide bonds. The predicted octanol–water partition coefficient (Wildman–Crippen LogP) is 3.73. The monoisotopic (exact) mass is 464 g/mol. The Morgan fingerprint density at radius 3 is 2.03 bits per heavy atom. The Bertz CT molecular complexity index is 1120. The van der Waals surface area contributed by atoms with Gasteiger partial charge in [-0.25, -0.2) is 21.6 Å². The van der Waals surface area contributed by atoms with Crippen LogP contribution in [0.3, 0.4) is 0 Å². The van der Waals surface area contributed by atoms with Crippen LogP contribution >= 0.6 is 0 Å². The lowest BCUT2D eigenvalue weighted by Crippen LogP contribution is -2.32. The molecule has 2 N–H and O–H groups in total. The summed E-state index contributed by atoms with van der Waals surface area (Å²) in [5.74, 6) is -0.412. The van der Waals surface area contributed by atoms with Crippen molar-refractivity contribution in [3.05, 3.63) is 54.1 Å². The van der Waals surface area contributed by atoms with Gasteiger partial charge in [0.1, 0.15) is 0 Å². The number of anilines is 1. The second kappa shape index (κ2) is 9.50. The number of hydrogen-bond donors (Lipinski definition) is 2. The highest BCUT2D eigenvalue weighted by molar-refractivity contribution is 7.92. The zero-order chi connectivity index (χ0) is 22.6. The molecule has 0 radical (unpaired) electrons. The van der Waals surface area contributed by atoms with Gasteiger partial charge in [-0.05, 0) is 74.7 Å². The molecule has 1 aliphatic carbocycles. The first-order valence-corrected chi connectivity index (χ1v) is 13.4. The van der Waals surface area contributed by atoms with Crippen molar-refractivity contribution in [2.45, 2.75) is 67.0 Å². The van der Waals surface area contributed by atoms with Gasteiger partial charge in [-0.2, -0.15) is 0 Å². The molecular weight excluding hydrogens is 436 g/mol. The molecule has 0 bridgehead atoms. The molecule has 9 heteroatoms.